The van der Waals surface area contributed by atoms with Crippen LogP contribution in [0.4, 0.5) is 0 Å². The Kier molecular flexibility index (Phi) is 8.00. The largest absolute Gasteiger partial charge is 0.490 e. The normalized spacial score (nSPS) is 10.4. The molecule has 0 saturated carbocycles. The molecule has 0 spiro atoms. The van der Waals surface area contributed by atoms with Crippen LogP contribution in [0.2, 0.25) is 0 Å². The van der Waals surface area contributed by atoms with Crippen LogP contribution in [0, 0.1) is 3.57 Å². The molecule has 6 heteroatoms. The molecule has 134 valence electrons. The summed E-state index contributed by atoms with van der Waals surface area (Å²) in [5, 5.41) is 5.97. The number of nitrogens with one attached hydrogen (secondary N) is 2. The first-order valence-electron chi connectivity index (χ1n) is 8.17. The predicted molar refractivity (Wildman–Crippen MR) is 107 cm³/mol. The third-order valence-corrected chi connectivity index (χ3v) is 4.23. The van der Waals surface area contributed by atoms with Crippen molar-refractivity contribution in [3.63, 3.8) is 0 Å². The Morgan fingerprint density at radius 1 is 1.08 bits per heavy atom. The zero-order chi connectivity index (χ0) is 18.1. The second-order valence-electron chi connectivity index (χ2n) is 5.42. The minimum atomic E-state index is -0.165. The highest BCUT2D eigenvalue weighted by Crippen LogP contribution is 2.34. The van der Waals surface area contributed by atoms with Gasteiger partial charge in [0.05, 0.1) is 10.2 Å². The van der Waals surface area contributed by atoms with Crippen molar-refractivity contribution in [2.24, 2.45) is 0 Å². The molecule has 0 radical (unpaired) electrons. The molecule has 2 rings (SSSR count). The molecule has 0 heterocycles. The zero-order valence-electron chi connectivity index (χ0n) is 14.5. The second-order valence-corrected chi connectivity index (χ2v) is 6.58. The Morgan fingerprint density at radius 2 is 1.84 bits per heavy atom. The van der Waals surface area contributed by atoms with Gasteiger partial charge in [-0.25, -0.2) is 0 Å². The van der Waals surface area contributed by atoms with E-state index in [4.69, 9.17) is 9.47 Å². The Bertz CT molecular complexity index is 693. The smallest absolute Gasteiger partial charge is 0.258 e. The van der Waals surface area contributed by atoms with Gasteiger partial charge in [0.15, 0.2) is 18.1 Å². The van der Waals surface area contributed by atoms with Crippen molar-refractivity contribution in [3.05, 3.63) is 57.2 Å². The van der Waals surface area contributed by atoms with Crippen LogP contribution in [-0.4, -0.2) is 26.2 Å². The second kappa shape index (κ2) is 10.2. The lowest BCUT2D eigenvalue weighted by Crippen LogP contribution is -2.28. The Labute approximate surface area is 162 Å². The molecule has 2 aromatic carbocycles. The third-order valence-electron chi connectivity index (χ3n) is 3.43. The van der Waals surface area contributed by atoms with Gasteiger partial charge in [-0.15, -0.1) is 0 Å². The van der Waals surface area contributed by atoms with Crippen LogP contribution < -0.4 is 20.1 Å². The summed E-state index contributed by atoms with van der Waals surface area (Å²) in [6.07, 6.45) is 0. The van der Waals surface area contributed by atoms with Crippen molar-refractivity contribution in [2.75, 3.05) is 20.3 Å². The maximum atomic E-state index is 12.1. The van der Waals surface area contributed by atoms with Gasteiger partial charge in [-0.2, -0.15) is 0 Å². The molecule has 0 bridgehead atoms. The van der Waals surface area contributed by atoms with Gasteiger partial charge in [-0.1, -0.05) is 30.3 Å². The van der Waals surface area contributed by atoms with E-state index in [0.29, 0.717) is 24.7 Å². The van der Waals surface area contributed by atoms with E-state index in [-0.39, 0.29) is 12.5 Å². The fourth-order valence-corrected chi connectivity index (χ4v) is 3.14. The van der Waals surface area contributed by atoms with Crippen molar-refractivity contribution in [1.29, 1.82) is 0 Å². The van der Waals surface area contributed by atoms with E-state index in [9.17, 15) is 4.79 Å². The van der Waals surface area contributed by atoms with Gasteiger partial charge in [0.25, 0.3) is 5.91 Å². The lowest BCUT2D eigenvalue weighted by molar-refractivity contribution is -0.123. The topological polar surface area (TPSA) is 59.6 Å². The van der Waals surface area contributed by atoms with Gasteiger partial charge in [0, 0.05) is 13.1 Å². The molecule has 0 aliphatic rings. The van der Waals surface area contributed by atoms with Gasteiger partial charge in [0.1, 0.15) is 0 Å². The lowest BCUT2D eigenvalue weighted by Gasteiger charge is -2.15. The summed E-state index contributed by atoms with van der Waals surface area (Å²) < 4.78 is 12.3. The van der Waals surface area contributed by atoms with Gasteiger partial charge in [-0.05, 0) is 59.8 Å². The summed E-state index contributed by atoms with van der Waals surface area (Å²) in [6, 6.07) is 13.7. The molecular weight excluding hydrogens is 431 g/mol. The first kappa shape index (κ1) is 19.5. The van der Waals surface area contributed by atoms with Crippen LogP contribution in [0.25, 0.3) is 0 Å². The molecule has 1 amide bonds. The minimum absolute atomic E-state index is 0.0473. The molecule has 2 N–H and O–H groups in total. The van der Waals surface area contributed by atoms with Crippen molar-refractivity contribution >= 4 is 28.5 Å². The maximum Gasteiger partial charge on any atom is 0.258 e. The van der Waals surface area contributed by atoms with Crippen LogP contribution in [-0.2, 0) is 17.9 Å². The SMILES string of the molecule is CCOc1cc(CNC)cc(I)c1OCC(=O)NCc1ccccc1. The fraction of sp³-hybridized carbons (Fsp3) is 0.316. The summed E-state index contributed by atoms with van der Waals surface area (Å²) in [4.78, 5) is 12.1. The first-order chi connectivity index (χ1) is 12.1. The molecule has 5 nitrogen and oxygen atoms in total. The molecule has 0 aromatic heterocycles. The summed E-state index contributed by atoms with van der Waals surface area (Å²) in [5.74, 6) is 1.11. The highest BCUT2D eigenvalue weighted by Gasteiger charge is 2.14. The standard InChI is InChI=1S/C19H23IN2O3/c1-3-24-17-10-15(11-21-2)9-16(20)19(17)25-13-18(23)22-12-14-7-5-4-6-8-14/h4-10,21H,3,11-13H2,1-2H3,(H,22,23). The van der Waals surface area contributed by atoms with E-state index in [0.717, 1.165) is 21.2 Å². The average Bonchev–Trinajstić information content (AvgIpc) is 2.61. The van der Waals surface area contributed by atoms with Gasteiger partial charge < -0.3 is 20.1 Å². The summed E-state index contributed by atoms with van der Waals surface area (Å²) in [5.41, 5.74) is 2.16. The van der Waals surface area contributed by atoms with E-state index in [1.54, 1.807) is 0 Å². The summed E-state index contributed by atoms with van der Waals surface area (Å²) in [6.45, 7) is 3.64. The highest BCUT2D eigenvalue weighted by molar-refractivity contribution is 14.1. The fourth-order valence-electron chi connectivity index (χ4n) is 2.32. The van der Waals surface area contributed by atoms with Crippen molar-refractivity contribution < 1.29 is 14.3 Å². The Hall–Kier alpha value is -1.80. The van der Waals surface area contributed by atoms with Gasteiger partial charge in [-0.3, -0.25) is 4.79 Å². The first-order valence-corrected chi connectivity index (χ1v) is 9.25. The van der Waals surface area contributed by atoms with Gasteiger partial charge >= 0.3 is 0 Å². The quantitative estimate of drug-likeness (QED) is 0.572. The van der Waals surface area contributed by atoms with Crippen LogP contribution in [0.5, 0.6) is 11.5 Å². The lowest BCUT2D eigenvalue weighted by atomic mass is 10.2. The number of hydrogen-bond donors (Lipinski definition) is 2. The molecule has 0 saturated heterocycles. The number of amides is 1. The third kappa shape index (κ3) is 6.21. The number of benzene rings is 2. The molecule has 0 atom stereocenters. The zero-order valence-corrected chi connectivity index (χ0v) is 16.6. The van der Waals surface area contributed by atoms with E-state index >= 15 is 0 Å². The highest BCUT2D eigenvalue weighted by atomic mass is 127. The Morgan fingerprint density at radius 3 is 2.52 bits per heavy atom. The summed E-state index contributed by atoms with van der Waals surface area (Å²) >= 11 is 2.20. The van der Waals surface area contributed by atoms with Crippen molar-refractivity contribution in [2.45, 2.75) is 20.0 Å². The van der Waals surface area contributed by atoms with Crippen molar-refractivity contribution in [1.82, 2.24) is 10.6 Å². The molecule has 2 aromatic rings. The van der Waals surface area contributed by atoms with E-state index in [2.05, 4.69) is 33.2 Å². The monoisotopic (exact) mass is 454 g/mol. The summed E-state index contributed by atoms with van der Waals surface area (Å²) in [7, 11) is 1.90. The Balaban J connectivity index is 1.97. The molecule has 0 unspecified atom stereocenters. The molecule has 25 heavy (non-hydrogen) atoms. The number of halogens is 1. The maximum absolute atomic E-state index is 12.1. The van der Waals surface area contributed by atoms with Crippen LogP contribution >= 0.6 is 22.6 Å². The molecule has 0 aliphatic heterocycles. The molecular formula is C19H23IN2O3. The van der Waals surface area contributed by atoms with E-state index in [1.807, 2.05) is 56.4 Å². The number of rotatable bonds is 9. The van der Waals surface area contributed by atoms with Crippen LogP contribution in [0.15, 0.2) is 42.5 Å². The average molecular weight is 454 g/mol. The van der Waals surface area contributed by atoms with Crippen molar-refractivity contribution in [3.8, 4) is 11.5 Å². The van der Waals surface area contributed by atoms with Crippen LogP contribution in [0.3, 0.4) is 0 Å². The predicted octanol–water partition coefficient (Wildman–Crippen LogP) is 3.10. The van der Waals surface area contributed by atoms with Gasteiger partial charge in [0.2, 0.25) is 0 Å². The number of carbonyl (C=O) groups is 1. The molecule has 0 aliphatic carbocycles. The molecule has 0 fully saturated rings. The number of carbonyl (C=O) groups excluding carboxylic acids is 1. The van der Waals surface area contributed by atoms with E-state index < -0.39 is 0 Å². The number of hydrogen-bond acceptors (Lipinski definition) is 4. The number of ether oxygens (including phenoxy) is 2. The van der Waals surface area contributed by atoms with Crippen LogP contribution in [0.1, 0.15) is 18.1 Å². The minimum Gasteiger partial charge on any atom is -0.490 e. The van der Waals surface area contributed by atoms with E-state index in [1.165, 1.54) is 0 Å².